The summed E-state index contributed by atoms with van der Waals surface area (Å²) in [5.41, 5.74) is 0.392. The zero-order chi connectivity index (χ0) is 35.4. The topological polar surface area (TPSA) is 116 Å². The molecule has 282 valence electrons. The smallest absolute Gasteiger partial charge is 0.315 e. The molecule has 1 aromatic rings. The van der Waals surface area contributed by atoms with E-state index in [9.17, 15) is 24.9 Å². The molecule has 5 fully saturated rings. The van der Waals surface area contributed by atoms with Crippen molar-refractivity contribution in [3.05, 3.63) is 30.3 Å². The number of para-hydroxylation sites is 1. The second-order valence-electron chi connectivity index (χ2n) is 18.6. The van der Waals surface area contributed by atoms with Gasteiger partial charge in [-0.3, -0.25) is 14.1 Å². The minimum atomic E-state index is -0.558. The number of piperidine rings is 1. The molecule has 0 aromatic heterocycles. The molecule has 0 unspecified atom stereocenters. The predicted molar refractivity (Wildman–Crippen MR) is 192 cm³/mol. The Labute approximate surface area is 307 Å². The zero-order valence-corrected chi connectivity index (χ0v) is 32.2. The number of rotatable bonds is 8. The van der Waals surface area contributed by atoms with Crippen LogP contribution in [-0.2, 0) is 14.3 Å². The molecule has 5 aliphatic rings. The van der Waals surface area contributed by atoms with E-state index in [-0.39, 0.29) is 65.2 Å². The standard InChI is InChI=1S/C41H64N2O6.ClH/c1-26(31-13-14-32-37-33(24-35(46)41(31,32)6)40(5)19-16-30(44)22-27(40)23-34(37)45)12-15-36(47)42-28-17-20-43(21-18-28,29-10-8-7-9-11-29)25-49-38(48)39(2,3)4;/h7-11,26-28,30-35,37,44-46H,12-25H2,1-6H3;1H/t26-,27+,28?,30-,31-,32+,33+,34-,35+,37+,40+,41-,43?;/m1./s1. The second-order valence-corrected chi connectivity index (χ2v) is 18.6. The molecule has 4 aliphatic carbocycles. The summed E-state index contributed by atoms with van der Waals surface area (Å²) in [6.07, 6.45) is 8.03. The van der Waals surface area contributed by atoms with Crippen molar-refractivity contribution in [1.82, 2.24) is 9.80 Å². The van der Waals surface area contributed by atoms with E-state index < -0.39 is 11.5 Å². The highest BCUT2D eigenvalue weighted by atomic mass is 35.5. The Kier molecular flexibility index (Phi) is 11.8. The average molecular weight is 717 g/mol. The van der Waals surface area contributed by atoms with E-state index in [1.807, 2.05) is 39.0 Å². The monoisotopic (exact) mass is 716 g/mol. The number of quaternary nitrogens is 1. The molecule has 1 heterocycles. The summed E-state index contributed by atoms with van der Waals surface area (Å²) >= 11 is 0. The third-order valence-electron chi connectivity index (χ3n) is 14.9. The molecule has 1 saturated heterocycles. The van der Waals surface area contributed by atoms with Crippen LogP contribution in [0.3, 0.4) is 0 Å². The van der Waals surface area contributed by atoms with Gasteiger partial charge in [-0.25, -0.2) is 0 Å². The molecule has 1 aliphatic heterocycles. The molecule has 11 atom stereocenters. The number of nitrogens with one attached hydrogen (secondary N) is 1. The minimum Gasteiger partial charge on any atom is -1.00 e. The molecule has 0 radical (unpaired) electrons. The number of benzene rings is 1. The van der Waals surface area contributed by atoms with Crippen LogP contribution in [0.15, 0.2) is 30.3 Å². The number of likely N-dealkylation sites (tertiary alicyclic amines) is 1. The van der Waals surface area contributed by atoms with E-state index in [0.29, 0.717) is 41.3 Å². The maximum absolute atomic E-state index is 13.4. The lowest BCUT2D eigenvalue weighted by Gasteiger charge is -2.63. The number of halogens is 1. The fourth-order valence-electron chi connectivity index (χ4n) is 11.8. The van der Waals surface area contributed by atoms with Gasteiger partial charge in [-0.1, -0.05) is 39.0 Å². The molecule has 4 saturated carbocycles. The maximum Gasteiger partial charge on any atom is 0.315 e. The number of esters is 1. The van der Waals surface area contributed by atoms with Crippen molar-refractivity contribution in [3.63, 3.8) is 0 Å². The number of ether oxygens (including phenoxy) is 1. The van der Waals surface area contributed by atoms with Crippen LogP contribution < -0.4 is 22.2 Å². The molecule has 1 aromatic carbocycles. The molecule has 0 spiro atoms. The van der Waals surface area contributed by atoms with Crippen LogP contribution in [0, 0.1) is 51.8 Å². The number of fused-ring (bicyclic) bond motifs is 5. The number of hydrogen-bond acceptors (Lipinski definition) is 6. The Hall–Kier alpha value is -1.71. The van der Waals surface area contributed by atoms with Gasteiger partial charge in [0, 0.05) is 25.3 Å². The first-order valence-electron chi connectivity index (χ1n) is 19.5. The van der Waals surface area contributed by atoms with Crippen molar-refractivity contribution in [2.75, 3.05) is 19.8 Å². The van der Waals surface area contributed by atoms with E-state index in [1.54, 1.807) is 0 Å². The summed E-state index contributed by atoms with van der Waals surface area (Å²) in [7, 11) is 0. The summed E-state index contributed by atoms with van der Waals surface area (Å²) in [6.45, 7) is 14.4. The fraction of sp³-hybridized carbons (Fsp3) is 0.805. The zero-order valence-electron chi connectivity index (χ0n) is 31.5. The Bertz CT molecular complexity index is 1330. The Morgan fingerprint density at radius 1 is 0.960 bits per heavy atom. The van der Waals surface area contributed by atoms with E-state index in [0.717, 1.165) is 83.0 Å². The number of nitrogens with zero attached hydrogens (tertiary/aromatic N) is 1. The summed E-state index contributed by atoms with van der Waals surface area (Å²) in [5.74, 6) is 1.63. The van der Waals surface area contributed by atoms with Crippen molar-refractivity contribution < 1.29 is 42.1 Å². The van der Waals surface area contributed by atoms with Crippen LogP contribution in [0.1, 0.15) is 112 Å². The van der Waals surface area contributed by atoms with Gasteiger partial charge in [0.15, 0.2) is 0 Å². The highest BCUT2D eigenvalue weighted by molar-refractivity contribution is 5.76. The van der Waals surface area contributed by atoms with Gasteiger partial charge in [-0.15, -0.1) is 0 Å². The van der Waals surface area contributed by atoms with Crippen LogP contribution in [0.25, 0.3) is 0 Å². The fourth-order valence-corrected chi connectivity index (χ4v) is 11.8. The molecule has 4 N–H and O–H groups in total. The van der Waals surface area contributed by atoms with E-state index in [4.69, 9.17) is 4.74 Å². The number of aliphatic hydroxyl groups excluding tert-OH is 3. The largest absolute Gasteiger partial charge is 1.00 e. The summed E-state index contributed by atoms with van der Waals surface area (Å²) < 4.78 is 6.44. The van der Waals surface area contributed by atoms with E-state index in [2.05, 4.69) is 38.2 Å². The summed E-state index contributed by atoms with van der Waals surface area (Å²) in [4.78, 5) is 26.0. The number of carbonyl (C=O) groups is 2. The molecule has 50 heavy (non-hydrogen) atoms. The normalized spacial score (nSPS) is 41.8. The lowest BCUT2D eigenvalue weighted by Crippen LogP contribution is -3.00. The van der Waals surface area contributed by atoms with Gasteiger partial charge in [-0.2, -0.15) is 0 Å². The van der Waals surface area contributed by atoms with Gasteiger partial charge in [0.1, 0.15) is 5.69 Å². The van der Waals surface area contributed by atoms with E-state index >= 15 is 0 Å². The van der Waals surface area contributed by atoms with Crippen molar-refractivity contribution >= 4 is 17.6 Å². The maximum atomic E-state index is 13.4. The van der Waals surface area contributed by atoms with Crippen molar-refractivity contribution in [2.45, 2.75) is 137 Å². The molecule has 1 amide bonds. The van der Waals surface area contributed by atoms with Crippen molar-refractivity contribution in [3.8, 4) is 0 Å². The molecule has 8 nitrogen and oxygen atoms in total. The van der Waals surface area contributed by atoms with Crippen LogP contribution in [-0.4, -0.2) is 71.4 Å². The van der Waals surface area contributed by atoms with Gasteiger partial charge >= 0.3 is 5.97 Å². The van der Waals surface area contributed by atoms with Gasteiger partial charge < -0.3 is 37.8 Å². The molecule has 0 bridgehead atoms. The first-order chi connectivity index (χ1) is 23.1. The third-order valence-corrected chi connectivity index (χ3v) is 14.9. The van der Waals surface area contributed by atoms with Crippen molar-refractivity contribution in [2.24, 2.45) is 51.8 Å². The quantitative estimate of drug-likeness (QED) is 0.243. The van der Waals surface area contributed by atoms with Crippen LogP contribution >= 0.6 is 0 Å². The Morgan fingerprint density at radius 2 is 1.64 bits per heavy atom. The average Bonchev–Trinajstić information content (AvgIpc) is 3.43. The SMILES string of the molecule is C[C@H](CCC(=O)NC1CC[N+](COC(=O)C(C)(C)C)(c2ccccc2)CC1)[C@H]1CC[C@H]2[C@@H]3[C@H](O)C[C@@H]4C[C@H](O)CC[C@]4(C)[C@H]3C[C@H](O)[C@]12C.[Cl-]. The predicted octanol–water partition coefficient (Wildman–Crippen LogP) is 3.20. The van der Waals surface area contributed by atoms with Crippen LogP contribution in [0.5, 0.6) is 0 Å². The van der Waals surface area contributed by atoms with Gasteiger partial charge in [0.05, 0.1) is 36.8 Å². The molecule has 9 heteroatoms. The molecular weight excluding hydrogens is 652 g/mol. The Balaban J connectivity index is 0.00000486. The van der Waals surface area contributed by atoms with Crippen LogP contribution in [0.2, 0.25) is 0 Å². The molecular formula is C41H65ClN2O6. The lowest BCUT2D eigenvalue weighted by molar-refractivity contribution is -0.207. The number of amides is 1. The van der Waals surface area contributed by atoms with Gasteiger partial charge in [0.2, 0.25) is 12.6 Å². The summed E-state index contributed by atoms with van der Waals surface area (Å²) in [5, 5.41) is 37.3. The first kappa shape index (κ1) is 39.5. The van der Waals surface area contributed by atoms with Gasteiger partial charge in [-0.05, 0) is 131 Å². The number of aliphatic hydroxyl groups is 3. The first-order valence-corrected chi connectivity index (χ1v) is 19.5. The highest BCUT2D eigenvalue weighted by Gasteiger charge is 2.65. The lowest BCUT2D eigenvalue weighted by atomic mass is 9.43. The molecule has 6 rings (SSSR count). The van der Waals surface area contributed by atoms with E-state index in [1.165, 1.54) is 0 Å². The highest BCUT2D eigenvalue weighted by Crippen LogP contribution is 2.68. The summed E-state index contributed by atoms with van der Waals surface area (Å²) in [6, 6.07) is 10.4. The van der Waals surface area contributed by atoms with Gasteiger partial charge in [0.25, 0.3) is 0 Å². The number of hydrogen-bond donors (Lipinski definition) is 4. The van der Waals surface area contributed by atoms with Crippen LogP contribution in [0.4, 0.5) is 5.69 Å². The third kappa shape index (κ3) is 7.27. The Morgan fingerprint density at radius 3 is 2.30 bits per heavy atom. The number of carbonyl (C=O) groups excluding carboxylic acids is 2. The minimum absolute atomic E-state index is 0. The second kappa shape index (κ2) is 15.0. The van der Waals surface area contributed by atoms with Crippen molar-refractivity contribution in [1.29, 1.82) is 0 Å².